The van der Waals surface area contributed by atoms with Gasteiger partial charge < -0.3 is 15.5 Å². The molecule has 1 atom stereocenters. The van der Waals surface area contributed by atoms with Gasteiger partial charge in [-0.1, -0.05) is 56.1 Å². The first-order valence-corrected chi connectivity index (χ1v) is 13.8. The second kappa shape index (κ2) is 11.3. The van der Waals surface area contributed by atoms with E-state index in [2.05, 4.69) is 38.8 Å². The second-order valence-electron chi connectivity index (χ2n) is 10.6. The highest BCUT2D eigenvalue weighted by Crippen LogP contribution is 2.47. The molecule has 3 aliphatic rings. The number of nitrogens with zero attached hydrogens (tertiary/aromatic N) is 3. The third kappa shape index (κ3) is 5.28. The van der Waals surface area contributed by atoms with Crippen molar-refractivity contribution in [3.8, 4) is 0 Å². The summed E-state index contributed by atoms with van der Waals surface area (Å²) in [4.78, 5) is 36.9. The lowest BCUT2D eigenvalue weighted by Gasteiger charge is -2.22. The molecular formula is C31H37N5O2. The summed E-state index contributed by atoms with van der Waals surface area (Å²) in [5.74, 6) is 0.630. The van der Waals surface area contributed by atoms with Crippen molar-refractivity contribution in [3.05, 3.63) is 83.0 Å². The number of allylic oxidation sites excluding steroid dienone is 5. The molecule has 7 heteroatoms. The molecule has 1 unspecified atom stereocenters. The van der Waals surface area contributed by atoms with Crippen LogP contribution in [0.15, 0.2) is 66.2 Å². The second-order valence-corrected chi connectivity index (χ2v) is 10.6. The monoisotopic (exact) mass is 511 g/mol. The Kier molecular flexibility index (Phi) is 7.72. The van der Waals surface area contributed by atoms with Crippen LogP contribution < -0.4 is 10.6 Å². The van der Waals surface area contributed by atoms with E-state index in [0.29, 0.717) is 24.4 Å². The molecular weight excluding hydrogens is 474 g/mol. The molecule has 2 N–H and O–H groups in total. The molecule has 0 bridgehead atoms. The van der Waals surface area contributed by atoms with Crippen LogP contribution in [0.2, 0.25) is 0 Å². The van der Waals surface area contributed by atoms with Crippen molar-refractivity contribution in [2.75, 3.05) is 18.4 Å². The van der Waals surface area contributed by atoms with Gasteiger partial charge in [0.1, 0.15) is 17.8 Å². The molecule has 198 valence electrons. The maximum Gasteiger partial charge on any atom is 0.272 e. The lowest BCUT2D eigenvalue weighted by atomic mass is 9.78. The summed E-state index contributed by atoms with van der Waals surface area (Å²) in [5, 5.41) is 6.43. The zero-order valence-electron chi connectivity index (χ0n) is 22.4. The Labute approximate surface area is 225 Å². The summed E-state index contributed by atoms with van der Waals surface area (Å²) in [6, 6.07) is 7.95. The Hall–Kier alpha value is -3.74. The van der Waals surface area contributed by atoms with E-state index in [1.807, 2.05) is 43.0 Å². The fourth-order valence-corrected chi connectivity index (χ4v) is 5.97. The van der Waals surface area contributed by atoms with Crippen LogP contribution in [0.5, 0.6) is 0 Å². The summed E-state index contributed by atoms with van der Waals surface area (Å²) in [6.45, 7) is 5.52. The van der Waals surface area contributed by atoms with E-state index in [0.717, 1.165) is 48.5 Å². The van der Waals surface area contributed by atoms with Crippen LogP contribution in [-0.2, 0) is 17.6 Å². The van der Waals surface area contributed by atoms with Gasteiger partial charge in [0.2, 0.25) is 5.91 Å². The van der Waals surface area contributed by atoms with Crippen LogP contribution in [0.3, 0.4) is 0 Å². The standard InChI is InChI=1S/C31H37N5O2/c1-3-4-9-12-26-22(2)34-30(38)31(26)19-23-13-14-25(17-24(23)20-31)35-28-18-27(32-21-33-28)29(37)36-15-10-7-5-6-8-11-16-36/h3-4,9,12-14,17-18,21H,5-8,10-11,15-16,19-20H2,1-2H3,(H,34,38)(H,32,33,35)/b4-3?,12-9-. The lowest BCUT2D eigenvalue weighted by Crippen LogP contribution is -2.34. The van der Waals surface area contributed by atoms with Crippen LogP contribution in [0.1, 0.15) is 74.0 Å². The average molecular weight is 512 g/mol. The molecule has 2 aliphatic heterocycles. The molecule has 7 nitrogen and oxygen atoms in total. The maximum atomic E-state index is 13.2. The Balaban J connectivity index is 1.32. The molecule has 1 fully saturated rings. The highest BCUT2D eigenvalue weighted by molar-refractivity contribution is 5.94. The topological polar surface area (TPSA) is 87.2 Å². The number of carbonyl (C=O) groups excluding carboxylic acids is 2. The van der Waals surface area contributed by atoms with Gasteiger partial charge in [-0.2, -0.15) is 0 Å². The predicted octanol–water partition coefficient (Wildman–Crippen LogP) is 5.64. The number of rotatable bonds is 5. The van der Waals surface area contributed by atoms with Crippen molar-refractivity contribution in [1.29, 1.82) is 0 Å². The van der Waals surface area contributed by atoms with Gasteiger partial charge in [0.15, 0.2) is 0 Å². The smallest absolute Gasteiger partial charge is 0.272 e. The normalized spacial score (nSPS) is 22.1. The molecule has 2 aromatic rings. The number of carbonyl (C=O) groups is 2. The summed E-state index contributed by atoms with van der Waals surface area (Å²) < 4.78 is 0. The summed E-state index contributed by atoms with van der Waals surface area (Å²) in [7, 11) is 0. The van der Waals surface area contributed by atoms with Crippen molar-refractivity contribution >= 4 is 23.3 Å². The van der Waals surface area contributed by atoms with Crippen molar-refractivity contribution in [2.24, 2.45) is 5.41 Å². The Morgan fingerprint density at radius 3 is 2.50 bits per heavy atom. The minimum Gasteiger partial charge on any atom is -0.340 e. The highest BCUT2D eigenvalue weighted by atomic mass is 16.2. The van der Waals surface area contributed by atoms with E-state index in [9.17, 15) is 9.59 Å². The average Bonchev–Trinajstić information content (AvgIpc) is 3.44. The van der Waals surface area contributed by atoms with Crippen molar-refractivity contribution in [1.82, 2.24) is 20.2 Å². The number of aromatic nitrogens is 2. The van der Waals surface area contributed by atoms with Gasteiger partial charge >= 0.3 is 0 Å². The van der Waals surface area contributed by atoms with E-state index in [4.69, 9.17) is 0 Å². The molecule has 5 rings (SSSR count). The Morgan fingerprint density at radius 1 is 1.00 bits per heavy atom. The Bertz CT molecular complexity index is 1300. The van der Waals surface area contributed by atoms with Gasteiger partial charge in [0.25, 0.3) is 5.91 Å². The number of hydrogen-bond donors (Lipinski definition) is 2. The summed E-state index contributed by atoms with van der Waals surface area (Å²) in [5.41, 5.74) is 5.06. The molecule has 1 saturated heterocycles. The molecule has 38 heavy (non-hydrogen) atoms. The number of hydrogen-bond acceptors (Lipinski definition) is 5. The first-order chi connectivity index (χ1) is 18.5. The molecule has 0 radical (unpaired) electrons. The largest absolute Gasteiger partial charge is 0.340 e. The number of anilines is 2. The molecule has 0 saturated carbocycles. The van der Waals surface area contributed by atoms with Crippen molar-refractivity contribution < 1.29 is 9.59 Å². The predicted molar refractivity (Wildman–Crippen MR) is 150 cm³/mol. The molecule has 1 aromatic carbocycles. The van der Waals surface area contributed by atoms with Crippen molar-refractivity contribution in [2.45, 2.75) is 65.2 Å². The van der Waals surface area contributed by atoms with Gasteiger partial charge in [0.05, 0.1) is 5.41 Å². The first-order valence-electron chi connectivity index (χ1n) is 13.8. The zero-order chi connectivity index (χ0) is 26.5. The van der Waals surface area contributed by atoms with E-state index in [1.165, 1.54) is 37.6 Å². The molecule has 1 aliphatic carbocycles. The molecule has 2 amide bonds. The first kappa shape index (κ1) is 25.9. The quantitative estimate of drug-likeness (QED) is 0.508. The van der Waals surface area contributed by atoms with Gasteiger partial charge in [-0.25, -0.2) is 9.97 Å². The zero-order valence-corrected chi connectivity index (χ0v) is 22.4. The van der Waals surface area contributed by atoms with Gasteiger partial charge in [-0.15, -0.1) is 0 Å². The number of amides is 2. The third-order valence-corrected chi connectivity index (χ3v) is 7.96. The van der Waals surface area contributed by atoms with Crippen molar-refractivity contribution in [3.63, 3.8) is 0 Å². The fourth-order valence-electron chi connectivity index (χ4n) is 5.97. The minimum atomic E-state index is -0.567. The Morgan fingerprint density at radius 2 is 1.74 bits per heavy atom. The molecule has 3 heterocycles. The van der Waals surface area contributed by atoms with Crippen LogP contribution >= 0.6 is 0 Å². The summed E-state index contributed by atoms with van der Waals surface area (Å²) in [6.07, 6.45) is 17.7. The van der Waals surface area contributed by atoms with Gasteiger partial charge in [0, 0.05) is 30.5 Å². The van der Waals surface area contributed by atoms with Crippen LogP contribution in [-0.4, -0.2) is 39.8 Å². The summed E-state index contributed by atoms with van der Waals surface area (Å²) >= 11 is 0. The number of nitrogens with one attached hydrogen (secondary N) is 2. The molecule has 1 aromatic heterocycles. The fraction of sp³-hybridized carbons (Fsp3) is 0.419. The van der Waals surface area contributed by atoms with E-state index >= 15 is 0 Å². The SMILES string of the molecule is CC=C/C=C\C1=C(C)NC(=O)C12Cc1ccc(Nc3cc(C(=O)N4CCCCCCCC4)ncn3)cc1C2. The van der Waals surface area contributed by atoms with Crippen LogP contribution in [0.25, 0.3) is 0 Å². The third-order valence-electron chi connectivity index (χ3n) is 7.96. The maximum absolute atomic E-state index is 13.2. The van der Waals surface area contributed by atoms with Gasteiger partial charge in [-0.05, 0) is 68.4 Å². The highest BCUT2D eigenvalue weighted by Gasteiger charge is 2.50. The number of benzene rings is 1. The van der Waals surface area contributed by atoms with E-state index in [1.54, 1.807) is 6.07 Å². The van der Waals surface area contributed by atoms with Gasteiger partial charge in [-0.3, -0.25) is 9.59 Å². The molecule has 1 spiro atoms. The lowest BCUT2D eigenvalue weighted by molar-refractivity contribution is -0.126. The number of fused-ring (bicyclic) bond motifs is 1. The van der Waals surface area contributed by atoms with Crippen LogP contribution in [0.4, 0.5) is 11.5 Å². The van der Waals surface area contributed by atoms with E-state index in [-0.39, 0.29) is 11.8 Å². The van der Waals surface area contributed by atoms with Crippen LogP contribution in [0, 0.1) is 5.41 Å². The minimum absolute atomic E-state index is 0.0267. The van der Waals surface area contributed by atoms with E-state index < -0.39 is 5.41 Å².